The maximum absolute atomic E-state index is 13.3. The third-order valence-electron chi connectivity index (χ3n) is 6.30. The number of aliphatic hydroxyl groups excluding tert-OH is 1. The first kappa shape index (κ1) is 23.3. The van der Waals surface area contributed by atoms with Crippen LogP contribution >= 0.6 is 0 Å². The van der Waals surface area contributed by atoms with Gasteiger partial charge >= 0.3 is 0 Å². The van der Waals surface area contributed by atoms with Crippen LogP contribution in [-0.4, -0.2) is 51.3 Å². The van der Waals surface area contributed by atoms with E-state index < -0.39 is 17.9 Å². The van der Waals surface area contributed by atoms with Crippen molar-refractivity contribution in [2.24, 2.45) is 5.41 Å². The van der Waals surface area contributed by atoms with Gasteiger partial charge < -0.3 is 14.6 Å². The van der Waals surface area contributed by atoms with Crippen LogP contribution in [0.3, 0.4) is 0 Å². The van der Waals surface area contributed by atoms with Crippen LogP contribution in [0.15, 0.2) is 36.5 Å². The summed E-state index contributed by atoms with van der Waals surface area (Å²) in [5, 5.41) is 15.1. The molecule has 7 nitrogen and oxygen atoms in total. The lowest BCUT2D eigenvalue weighted by molar-refractivity contribution is 0.0213. The van der Waals surface area contributed by atoms with E-state index in [1.807, 2.05) is 30.7 Å². The van der Waals surface area contributed by atoms with E-state index in [0.29, 0.717) is 42.2 Å². The van der Waals surface area contributed by atoms with Gasteiger partial charge in [-0.25, -0.2) is 4.39 Å². The van der Waals surface area contributed by atoms with Crippen LogP contribution in [0.2, 0.25) is 0 Å². The molecule has 0 radical (unpaired) electrons. The van der Waals surface area contributed by atoms with Crippen molar-refractivity contribution in [2.75, 3.05) is 13.2 Å². The largest absolute Gasteiger partial charge is 0.461 e. The third kappa shape index (κ3) is 4.63. The van der Waals surface area contributed by atoms with E-state index in [2.05, 4.69) is 4.98 Å². The van der Waals surface area contributed by atoms with Gasteiger partial charge in [-0.15, -0.1) is 0 Å². The molecule has 1 aromatic carbocycles. The molecule has 3 atom stereocenters. The summed E-state index contributed by atoms with van der Waals surface area (Å²) in [5.41, 5.74) is 2.69. The number of ether oxygens (including phenoxy) is 2. The first-order valence-corrected chi connectivity index (χ1v) is 11.3. The van der Waals surface area contributed by atoms with Gasteiger partial charge in [0.2, 0.25) is 6.36 Å². The molecular weight excluding hydrogens is 425 g/mol. The van der Waals surface area contributed by atoms with Gasteiger partial charge in [-0.1, -0.05) is 12.1 Å². The predicted molar refractivity (Wildman–Crippen MR) is 123 cm³/mol. The summed E-state index contributed by atoms with van der Waals surface area (Å²) in [6.45, 7) is 7.97. The highest BCUT2D eigenvalue weighted by atomic mass is 19.1. The fourth-order valence-electron chi connectivity index (χ4n) is 4.33. The molecule has 1 unspecified atom stereocenters. The van der Waals surface area contributed by atoms with Gasteiger partial charge in [-0.05, 0) is 45.4 Å². The van der Waals surface area contributed by atoms with Crippen LogP contribution in [0.25, 0.3) is 22.3 Å². The minimum atomic E-state index is -1.42. The molecule has 0 spiro atoms. The maximum Gasteiger partial charge on any atom is 0.235 e. The Hall–Kier alpha value is -2.84. The average molecular weight is 456 g/mol. The lowest BCUT2D eigenvalue weighted by atomic mass is 9.77. The smallest absolute Gasteiger partial charge is 0.235 e. The summed E-state index contributed by atoms with van der Waals surface area (Å²) in [4.78, 5) is 17.8. The quantitative estimate of drug-likeness (QED) is 0.494. The Kier molecular flexibility index (Phi) is 6.50. The molecule has 0 bridgehead atoms. The number of pyridine rings is 1. The second-order valence-corrected chi connectivity index (χ2v) is 9.11. The van der Waals surface area contributed by atoms with Crippen molar-refractivity contribution < 1.29 is 23.8 Å². The normalized spacial score (nSPS) is 20.3. The van der Waals surface area contributed by atoms with Gasteiger partial charge in [0.25, 0.3) is 0 Å². The Morgan fingerprint density at radius 2 is 2.09 bits per heavy atom. The molecule has 0 aliphatic carbocycles. The summed E-state index contributed by atoms with van der Waals surface area (Å²) in [6.07, 6.45) is 0.343. The highest BCUT2D eigenvalue weighted by Gasteiger charge is 2.41. The Labute approximate surface area is 192 Å². The number of aromatic nitrogens is 3. The summed E-state index contributed by atoms with van der Waals surface area (Å²) < 4.78 is 25.8. The van der Waals surface area contributed by atoms with Gasteiger partial charge in [0.15, 0.2) is 5.78 Å². The molecule has 3 aromatic rings. The van der Waals surface area contributed by atoms with E-state index in [1.165, 1.54) is 6.92 Å². The van der Waals surface area contributed by atoms with E-state index in [4.69, 9.17) is 14.6 Å². The second-order valence-electron chi connectivity index (χ2n) is 9.11. The molecule has 1 aliphatic heterocycles. The van der Waals surface area contributed by atoms with Crippen LogP contribution < -0.4 is 4.74 Å². The third-order valence-corrected chi connectivity index (χ3v) is 6.30. The zero-order valence-corrected chi connectivity index (χ0v) is 19.4. The number of Topliss-reactive ketones (excluding diaryl/α,β-unsaturated/α-hetero) is 1. The molecule has 176 valence electrons. The maximum atomic E-state index is 13.3. The Morgan fingerprint density at radius 3 is 2.73 bits per heavy atom. The molecule has 2 aromatic heterocycles. The first-order valence-electron chi connectivity index (χ1n) is 11.3. The van der Waals surface area contributed by atoms with E-state index in [9.17, 15) is 14.3 Å². The van der Waals surface area contributed by atoms with Gasteiger partial charge in [0.05, 0.1) is 18.2 Å². The molecule has 0 amide bonds. The number of alkyl halides is 1. The SMILES string of the molecule is CC(F)Oc1cccc(-c2nn(C(C)C)c3cc(C(=O)C[C@]4([C@@H](C)O)CCOC4)cnc23)c1. The summed E-state index contributed by atoms with van der Waals surface area (Å²) in [6, 6.07) is 8.92. The minimum Gasteiger partial charge on any atom is -0.461 e. The second kappa shape index (κ2) is 9.19. The van der Waals surface area contributed by atoms with E-state index in [0.717, 1.165) is 11.1 Å². The number of ketones is 1. The van der Waals surface area contributed by atoms with E-state index >= 15 is 0 Å². The van der Waals surface area contributed by atoms with Crippen LogP contribution in [0.1, 0.15) is 56.9 Å². The van der Waals surface area contributed by atoms with Crippen molar-refractivity contribution in [3.05, 3.63) is 42.1 Å². The lowest BCUT2D eigenvalue weighted by Crippen LogP contribution is -2.36. The minimum absolute atomic E-state index is 0.0331. The number of carbonyl (C=O) groups is 1. The number of hydrogen-bond acceptors (Lipinski definition) is 6. The Morgan fingerprint density at radius 1 is 1.30 bits per heavy atom. The van der Waals surface area contributed by atoms with Gasteiger partial charge in [-0.3, -0.25) is 14.5 Å². The number of nitrogens with zero attached hydrogens (tertiary/aromatic N) is 3. The predicted octanol–water partition coefficient (Wildman–Crippen LogP) is 4.73. The highest BCUT2D eigenvalue weighted by molar-refractivity contribution is 6.00. The first-order chi connectivity index (χ1) is 15.7. The molecule has 1 saturated heterocycles. The van der Waals surface area contributed by atoms with Crippen molar-refractivity contribution >= 4 is 16.8 Å². The van der Waals surface area contributed by atoms with Crippen molar-refractivity contribution in [1.82, 2.24) is 14.8 Å². The number of benzene rings is 1. The molecule has 1 aliphatic rings. The monoisotopic (exact) mass is 455 g/mol. The van der Waals surface area contributed by atoms with E-state index in [-0.39, 0.29) is 18.2 Å². The van der Waals surface area contributed by atoms with Crippen LogP contribution in [0, 0.1) is 5.41 Å². The van der Waals surface area contributed by atoms with Gasteiger partial charge in [-0.2, -0.15) is 5.10 Å². The van der Waals surface area contributed by atoms with Gasteiger partial charge in [0.1, 0.15) is 17.0 Å². The molecular formula is C25H30FN3O4. The summed E-state index contributed by atoms with van der Waals surface area (Å²) >= 11 is 0. The molecule has 1 fully saturated rings. The van der Waals surface area contributed by atoms with Crippen LogP contribution in [0.5, 0.6) is 5.75 Å². The average Bonchev–Trinajstić information content (AvgIpc) is 3.38. The van der Waals surface area contributed by atoms with Crippen molar-refractivity contribution in [2.45, 2.75) is 59.0 Å². The molecule has 3 heterocycles. The number of hydrogen-bond donors (Lipinski definition) is 1. The molecule has 4 rings (SSSR count). The zero-order chi connectivity index (χ0) is 23.8. The number of fused-ring (bicyclic) bond motifs is 1. The number of aliphatic hydroxyl groups is 1. The Bertz CT molecular complexity index is 1150. The molecule has 0 saturated carbocycles. The van der Waals surface area contributed by atoms with Crippen molar-refractivity contribution in [3.8, 4) is 17.0 Å². The number of carbonyl (C=O) groups excluding carboxylic acids is 1. The van der Waals surface area contributed by atoms with Gasteiger partial charge in [0, 0.05) is 48.7 Å². The fourth-order valence-corrected chi connectivity index (χ4v) is 4.33. The lowest BCUT2D eigenvalue weighted by Gasteiger charge is -2.29. The highest BCUT2D eigenvalue weighted by Crippen LogP contribution is 2.38. The number of rotatable bonds is 8. The molecule has 33 heavy (non-hydrogen) atoms. The molecule has 8 heteroatoms. The fraction of sp³-hybridized carbons (Fsp3) is 0.480. The summed E-state index contributed by atoms with van der Waals surface area (Å²) in [5.74, 6) is 0.324. The van der Waals surface area contributed by atoms with Crippen LogP contribution in [0.4, 0.5) is 4.39 Å². The Balaban J connectivity index is 1.73. The van der Waals surface area contributed by atoms with Crippen molar-refractivity contribution in [3.63, 3.8) is 0 Å². The van der Waals surface area contributed by atoms with Crippen molar-refractivity contribution in [1.29, 1.82) is 0 Å². The standard InChI is InChI=1S/C25H30FN3O4/c1-15(2)29-21-11-19(22(31)12-25(16(3)30)8-9-32-14-25)13-27-24(21)23(28-29)18-6-5-7-20(10-18)33-17(4)26/h5-7,10-11,13,15-17,30H,8-9,12,14H2,1-4H3/t16-,17?,25-/m1/s1. The van der Waals surface area contributed by atoms with E-state index in [1.54, 1.807) is 31.3 Å². The zero-order valence-electron chi connectivity index (χ0n) is 19.4. The summed E-state index contributed by atoms with van der Waals surface area (Å²) in [7, 11) is 0. The van der Waals surface area contributed by atoms with Crippen LogP contribution in [-0.2, 0) is 4.74 Å². The number of halogens is 1. The topological polar surface area (TPSA) is 86.5 Å². The molecule has 1 N–H and O–H groups in total.